The molecule has 1 aliphatic heterocycles. The van der Waals surface area contributed by atoms with Crippen molar-refractivity contribution in [3.05, 3.63) is 30.9 Å². The molecule has 0 amide bonds. The van der Waals surface area contributed by atoms with Gasteiger partial charge in [-0.2, -0.15) is 5.10 Å². The number of likely N-dealkylation sites (tertiary alicyclic amines) is 1. The summed E-state index contributed by atoms with van der Waals surface area (Å²) in [5.74, 6) is 1.62. The van der Waals surface area contributed by atoms with E-state index < -0.39 is 0 Å². The van der Waals surface area contributed by atoms with Crippen LogP contribution in [0.2, 0.25) is 0 Å². The number of benzene rings is 1. The first kappa shape index (κ1) is 16.6. The van der Waals surface area contributed by atoms with Gasteiger partial charge >= 0.3 is 0 Å². The average molecular weight is 331 g/mol. The summed E-state index contributed by atoms with van der Waals surface area (Å²) in [5.41, 5.74) is 1.05. The number of nitrogens with one attached hydrogen (secondary N) is 1. The lowest BCUT2D eigenvalue weighted by molar-refractivity contribution is 0.209. The topological polar surface area (TPSA) is 64.4 Å². The largest absolute Gasteiger partial charge is 0.497 e. The molecule has 130 valence electrons. The summed E-state index contributed by atoms with van der Waals surface area (Å²) in [6.45, 7) is 4.09. The minimum atomic E-state index is 0.476. The number of aromatic nitrogens is 3. The molecule has 2 aromatic rings. The number of hydrogen-bond donors (Lipinski definition) is 1. The number of hydrogen-bond acceptors (Lipinski definition) is 6. The second kappa shape index (κ2) is 8.01. The van der Waals surface area contributed by atoms with Gasteiger partial charge in [0.05, 0.1) is 20.8 Å². The summed E-state index contributed by atoms with van der Waals surface area (Å²) in [5, 5.41) is 7.75. The van der Waals surface area contributed by atoms with Gasteiger partial charge in [0, 0.05) is 49.6 Å². The molecule has 2 heterocycles. The van der Waals surface area contributed by atoms with Crippen LogP contribution < -0.4 is 14.8 Å². The van der Waals surface area contributed by atoms with Gasteiger partial charge in [0.25, 0.3) is 0 Å². The summed E-state index contributed by atoms with van der Waals surface area (Å²) < 4.78 is 12.5. The van der Waals surface area contributed by atoms with Crippen molar-refractivity contribution in [2.75, 3.05) is 39.2 Å². The van der Waals surface area contributed by atoms with Crippen molar-refractivity contribution in [1.29, 1.82) is 0 Å². The standard InChI is InChI=1S/C17H25N5O2/c1-23-16-9-15(10-17(11-16)24-2)20-14-3-5-21(6-4-14)7-8-22-13-18-12-19-22/h9-14,20H,3-8H2,1-2H3. The van der Waals surface area contributed by atoms with Crippen LogP contribution in [0.5, 0.6) is 11.5 Å². The SMILES string of the molecule is COc1cc(NC2CCN(CCn3cncn3)CC2)cc(OC)c1. The minimum Gasteiger partial charge on any atom is -0.497 e. The number of methoxy groups -OCH3 is 2. The Bertz CT molecular complexity index is 602. The maximum absolute atomic E-state index is 5.33. The summed E-state index contributed by atoms with van der Waals surface area (Å²) >= 11 is 0. The Kier molecular flexibility index (Phi) is 5.53. The van der Waals surface area contributed by atoms with E-state index in [1.807, 2.05) is 22.9 Å². The molecule has 0 atom stereocenters. The van der Waals surface area contributed by atoms with Crippen molar-refractivity contribution in [3.8, 4) is 11.5 Å². The van der Waals surface area contributed by atoms with Crippen LogP contribution in [0.15, 0.2) is 30.9 Å². The highest BCUT2D eigenvalue weighted by atomic mass is 16.5. The van der Waals surface area contributed by atoms with Crippen LogP contribution in [-0.2, 0) is 6.54 Å². The van der Waals surface area contributed by atoms with Crippen molar-refractivity contribution in [2.45, 2.75) is 25.4 Å². The zero-order chi connectivity index (χ0) is 16.8. The first-order valence-corrected chi connectivity index (χ1v) is 8.31. The van der Waals surface area contributed by atoms with Crippen LogP contribution in [0.25, 0.3) is 0 Å². The molecule has 7 heteroatoms. The fourth-order valence-corrected chi connectivity index (χ4v) is 3.02. The van der Waals surface area contributed by atoms with Crippen molar-refractivity contribution in [1.82, 2.24) is 19.7 Å². The first-order chi connectivity index (χ1) is 11.8. The van der Waals surface area contributed by atoms with Gasteiger partial charge in [-0.15, -0.1) is 0 Å². The predicted molar refractivity (Wildman–Crippen MR) is 92.7 cm³/mol. The third-order valence-corrected chi connectivity index (χ3v) is 4.42. The summed E-state index contributed by atoms with van der Waals surface area (Å²) in [6, 6.07) is 6.39. The highest BCUT2D eigenvalue weighted by Crippen LogP contribution is 2.27. The smallest absolute Gasteiger partial charge is 0.137 e. The maximum Gasteiger partial charge on any atom is 0.137 e. The number of ether oxygens (including phenoxy) is 2. The lowest BCUT2D eigenvalue weighted by Gasteiger charge is -2.32. The van der Waals surface area contributed by atoms with E-state index in [2.05, 4.69) is 20.3 Å². The number of rotatable bonds is 7. The molecule has 1 saturated heterocycles. The Hall–Kier alpha value is -2.28. The zero-order valence-corrected chi connectivity index (χ0v) is 14.3. The second-order valence-electron chi connectivity index (χ2n) is 6.02. The molecule has 7 nitrogen and oxygen atoms in total. The minimum absolute atomic E-state index is 0.476. The Morgan fingerprint density at radius 3 is 2.38 bits per heavy atom. The lowest BCUT2D eigenvalue weighted by atomic mass is 10.0. The molecule has 1 aromatic heterocycles. The number of nitrogens with zero attached hydrogens (tertiary/aromatic N) is 4. The van der Waals surface area contributed by atoms with Crippen LogP contribution in [0, 0.1) is 0 Å². The Morgan fingerprint density at radius 1 is 1.08 bits per heavy atom. The molecule has 0 unspecified atom stereocenters. The lowest BCUT2D eigenvalue weighted by Crippen LogP contribution is -2.40. The molecule has 24 heavy (non-hydrogen) atoms. The van der Waals surface area contributed by atoms with E-state index in [4.69, 9.17) is 9.47 Å². The van der Waals surface area contributed by atoms with Gasteiger partial charge in [-0.25, -0.2) is 4.98 Å². The molecule has 0 spiro atoms. The predicted octanol–water partition coefficient (Wildman–Crippen LogP) is 1.87. The van der Waals surface area contributed by atoms with Gasteiger partial charge in [0.15, 0.2) is 0 Å². The first-order valence-electron chi connectivity index (χ1n) is 8.31. The Balaban J connectivity index is 1.48. The second-order valence-corrected chi connectivity index (χ2v) is 6.02. The van der Waals surface area contributed by atoms with Crippen molar-refractivity contribution in [2.24, 2.45) is 0 Å². The van der Waals surface area contributed by atoms with Gasteiger partial charge in [-0.05, 0) is 12.8 Å². The van der Waals surface area contributed by atoms with Crippen LogP contribution >= 0.6 is 0 Å². The monoisotopic (exact) mass is 331 g/mol. The van der Waals surface area contributed by atoms with Crippen molar-refractivity contribution < 1.29 is 9.47 Å². The van der Waals surface area contributed by atoms with Gasteiger partial charge < -0.3 is 19.7 Å². The molecule has 3 rings (SSSR count). The summed E-state index contributed by atoms with van der Waals surface area (Å²) in [6.07, 6.45) is 5.59. The summed E-state index contributed by atoms with van der Waals surface area (Å²) in [7, 11) is 3.35. The molecule has 0 bridgehead atoms. The van der Waals surface area contributed by atoms with E-state index in [9.17, 15) is 0 Å². The highest BCUT2D eigenvalue weighted by Gasteiger charge is 2.19. The van der Waals surface area contributed by atoms with Gasteiger partial charge in [-0.3, -0.25) is 4.68 Å². The van der Waals surface area contributed by atoms with Crippen LogP contribution in [0.4, 0.5) is 5.69 Å². The van der Waals surface area contributed by atoms with Gasteiger partial charge in [-0.1, -0.05) is 0 Å². The van der Waals surface area contributed by atoms with Crippen LogP contribution in [0.3, 0.4) is 0 Å². The molecule has 1 aromatic carbocycles. The third-order valence-electron chi connectivity index (χ3n) is 4.42. The third kappa shape index (κ3) is 4.38. The maximum atomic E-state index is 5.33. The molecular weight excluding hydrogens is 306 g/mol. The quantitative estimate of drug-likeness (QED) is 0.836. The van der Waals surface area contributed by atoms with E-state index in [-0.39, 0.29) is 0 Å². The number of piperidine rings is 1. The molecule has 0 aliphatic carbocycles. The summed E-state index contributed by atoms with van der Waals surface area (Å²) in [4.78, 5) is 6.45. The van der Waals surface area contributed by atoms with E-state index in [1.165, 1.54) is 0 Å². The number of anilines is 1. The fraction of sp³-hybridized carbons (Fsp3) is 0.529. The van der Waals surface area contributed by atoms with Crippen LogP contribution in [-0.4, -0.2) is 59.6 Å². The van der Waals surface area contributed by atoms with E-state index in [1.54, 1.807) is 26.9 Å². The highest BCUT2D eigenvalue weighted by molar-refractivity contribution is 5.54. The molecule has 0 radical (unpaired) electrons. The Morgan fingerprint density at radius 2 is 1.79 bits per heavy atom. The molecule has 0 saturated carbocycles. The molecular formula is C17H25N5O2. The molecule has 1 N–H and O–H groups in total. The Labute approximate surface area is 142 Å². The van der Waals surface area contributed by atoms with Gasteiger partial charge in [0.2, 0.25) is 0 Å². The van der Waals surface area contributed by atoms with E-state index in [0.717, 1.165) is 56.2 Å². The zero-order valence-electron chi connectivity index (χ0n) is 14.3. The van der Waals surface area contributed by atoms with Crippen molar-refractivity contribution in [3.63, 3.8) is 0 Å². The molecule has 1 aliphatic rings. The fourth-order valence-electron chi connectivity index (χ4n) is 3.02. The van der Waals surface area contributed by atoms with Gasteiger partial charge in [0.1, 0.15) is 24.2 Å². The van der Waals surface area contributed by atoms with E-state index >= 15 is 0 Å². The average Bonchev–Trinajstić information content (AvgIpc) is 3.14. The molecule has 1 fully saturated rings. The van der Waals surface area contributed by atoms with Crippen LogP contribution in [0.1, 0.15) is 12.8 Å². The van der Waals surface area contributed by atoms with E-state index in [0.29, 0.717) is 6.04 Å². The van der Waals surface area contributed by atoms with Crippen molar-refractivity contribution >= 4 is 5.69 Å². The normalized spacial score (nSPS) is 16.1.